The maximum absolute atomic E-state index is 10.4. The van der Waals surface area contributed by atoms with Gasteiger partial charge in [0, 0.05) is 0 Å². The summed E-state index contributed by atoms with van der Waals surface area (Å²) in [5.41, 5.74) is 0. The van der Waals surface area contributed by atoms with E-state index in [1.807, 2.05) is 0 Å². The molecule has 0 N–H and O–H groups in total. The maximum atomic E-state index is 10.4. The van der Waals surface area contributed by atoms with E-state index in [2.05, 4.69) is 0 Å². The van der Waals surface area contributed by atoms with Gasteiger partial charge in [0.15, 0.2) is 0 Å². The van der Waals surface area contributed by atoms with Crippen LogP contribution < -0.4 is 0 Å². The van der Waals surface area contributed by atoms with Crippen LogP contribution in [0.15, 0.2) is 0 Å². The summed E-state index contributed by atoms with van der Waals surface area (Å²) in [6.45, 7) is 0. The van der Waals surface area contributed by atoms with Gasteiger partial charge in [-0.3, -0.25) is 0 Å². The SMILES string of the molecule is O=S(=O)=O.[Li][C](F)(F)F. The second-order valence-electron chi connectivity index (χ2n) is 0.985. The minimum absolute atomic E-state index is 0.188. The van der Waals surface area contributed by atoms with Crippen molar-refractivity contribution in [3.63, 3.8) is 0 Å². The fourth-order valence-electron chi connectivity index (χ4n) is 0. The molecule has 0 atom stereocenters. The molecule has 50 valence electrons. The van der Waals surface area contributed by atoms with Gasteiger partial charge < -0.3 is 0 Å². The van der Waals surface area contributed by atoms with Gasteiger partial charge in [0.25, 0.3) is 0 Å². The standard InChI is InChI=1S/CF3.Li.O3S/c2-1(3)4;;1-4(2)3. The van der Waals surface area contributed by atoms with Crippen molar-refractivity contribution < 1.29 is 25.8 Å². The predicted molar refractivity (Wildman–Crippen MR) is 21.5 cm³/mol. The van der Waals surface area contributed by atoms with Crippen molar-refractivity contribution in [1.82, 2.24) is 0 Å². The molecule has 0 aliphatic rings. The predicted octanol–water partition coefficient (Wildman–Crippen LogP) is -0.329. The average molecular weight is 156 g/mol. The quantitative estimate of drug-likeness (QED) is 0.451. The molecule has 0 radical (unpaired) electrons. The molecule has 3 nitrogen and oxygen atoms in total. The van der Waals surface area contributed by atoms with E-state index >= 15 is 0 Å². The second kappa shape index (κ2) is 4.85. The number of alkyl halides is 3. The van der Waals surface area contributed by atoms with Crippen LogP contribution in [0.2, 0.25) is 0 Å². The summed E-state index contributed by atoms with van der Waals surface area (Å²) < 4.78 is 56.4. The van der Waals surface area contributed by atoms with Gasteiger partial charge in [-0.05, 0) is 0 Å². The molecule has 9 heavy (non-hydrogen) atoms. The van der Waals surface area contributed by atoms with Crippen molar-refractivity contribution in [3.8, 4) is 0 Å². The molecule has 0 aromatic carbocycles. The van der Waals surface area contributed by atoms with E-state index in [1.165, 1.54) is 0 Å². The fourth-order valence-corrected chi connectivity index (χ4v) is 0. The van der Waals surface area contributed by atoms with Crippen LogP contribution in [0.5, 0.6) is 0 Å². The Kier molecular flexibility index (Phi) is 6.33. The summed E-state index contributed by atoms with van der Waals surface area (Å²) in [6, 6.07) is 0. The van der Waals surface area contributed by atoms with Crippen molar-refractivity contribution >= 4 is 28.3 Å². The van der Waals surface area contributed by atoms with Crippen LogP contribution in [0.25, 0.3) is 0 Å². The summed E-state index contributed by atoms with van der Waals surface area (Å²) in [7, 11) is -3.11. The molecule has 0 bridgehead atoms. The summed E-state index contributed by atoms with van der Waals surface area (Å²) >= 11 is 0.188. The molecule has 0 fully saturated rings. The third-order valence-electron chi connectivity index (χ3n) is 0. The van der Waals surface area contributed by atoms with E-state index < -0.39 is 15.5 Å². The fraction of sp³-hybridized carbons (Fsp3) is 1.00. The van der Waals surface area contributed by atoms with Gasteiger partial charge in [0.1, 0.15) is 0 Å². The van der Waals surface area contributed by atoms with Gasteiger partial charge in [-0.2, -0.15) is 0 Å². The summed E-state index contributed by atoms with van der Waals surface area (Å²) in [5, 5.41) is 0. The topological polar surface area (TPSA) is 51.2 Å². The van der Waals surface area contributed by atoms with Crippen LogP contribution in [-0.4, -0.2) is 35.2 Å². The summed E-state index contributed by atoms with van der Waals surface area (Å²) in [6.07, 6.45) is 0. The van der Waals surface area contributed by atoms with E-state index in [4.69, 9.17) is 12.6 Å². The molecule has 0 heterocycles. The Morgan fingerprint density at radius 3 is 1.11 bits per heavy atom. The first kappa shape index (κ1) is 11.8. The Morgan fingerprint density at radius 2 is 1.11 bits per heavy atom. The van der Waals surface area contributed by atoms with E-state index in [0.717, 1.165) is 0 Å². The molecular formula is CF3LiO3S. The molecule has 0 saturated carbocycles. The first-order valence-corrected chi connectivity index (χ1v) is 2.57. The first-order valence-electron chi connectivity index (χ1n) is 1.57. The number of rotatable bonds is 0. The van der Waals surface area contributed by atoms with Gasteiger partial charge >= 0.3 is 46.3 Å². The Labute approximate surface area is 59.5 Å². The van der Waals surface area contributed by atoms with E-state index in [-0.39, 0.29) is 17.7 Å². The van der Waals surface area contributed by atoms with Gasteiger partial charge in [-0.1, -0.05) is 0 Å². The van der Waals surface area contributed by atoms with Crippen molar-refractivity contribution in [3.05, 3.63) is 0 Å². The first-order chi connectivity index (χ1) is 3.73. The Balaban J connectivity index is 0. The average Bonchev–Trinajstić information content (AvgIpc) is 1.19. The molecule has 0 aromatic heterocycles. The number of hydrogen-bond acceptors (Lipinski definition) is 3. The van der Waals surface area contributed by atoms with Crippen molar-refractivity contribution in [2.45, 2.75) is 4.85 Å². The summed E-state index contributed by atoms with van der Waals surface area (Å²) in [4.78, 5) is -4.00. The molecule has 8 heteroatoms. The van der Waals surface area contributed by atoms with Gasteiger partial charge in [-0.25, -0.2) is 0 Å². The van der Waals surface area contributed by atoms with Crippen LogP contribution in [-0.2, 0) is 10.6 Å². The normalized spacial score (nSPS) is 9.44. The molecule has 0 aliphatic heterocycles. The van der Waals surface area contributed by atoms with E-state index in [1.54, 1.807) is 0 Å². The van der Waals surface area contributed by atoms with Crippen molar-refractivity contribution in [2.24, 2.45) is 0 Å². The molecule has 0 spiro atoms. The number of halogens is 3. The third-order valence-corrected chi connectivity index (χ3v) is 0. The zero-order valence-corrected chi connectivity index (χ0v) is 5.08. The van der Waals surface area contributed by atoms with Gasteiger partial charge in [-0.15, -0.1) is 12.6 Å². The van der Waals surface area contributed by atoms with Crippen LogP contribution in [0.1, 0.15) is 0 Å². The van der Waals surface area contributed by atoms with E-state index in [9.17, 15) is 13.2 Å². The molecule has 0 saturated heterocycles. The van der Waals surface area contributed by atoms with Gasteiger partial charge in [0.05, 0.1) is 0 Å². The Hall–Kier alpha value is 0.00740. The Bertz CT molecular complexity index is 140. The van der Waals surface area contributed by atoms with Gasteiger partial charge in [0.2, 0.25) is 0 Å². The van der Waals surface area contributed by atoms with Crippen LogP contribution in [0.3, 0.4) is 0 Å². The van der Waals surface area contributed by atoms with Crippen LogP contribution >= 0.6 is 0 Å². The molecule has 0 rings (SSSR count). The molecule has 0 unspecified atom stereocenters. The van der Waals surface area contributed by atoms with Crippen molar-refractivity contribution in [1.29, 1.82) is 0 Å². The third kappa shape index (κ3) is 5270000. The van der Waals surface area contributed by atoms with Crippen LogP contribution in [0.4, 0.5) is 13.2 Å². The molecular weight excluding hydrogens is 156 g/mol. The summed E-state index contributed by atoms with van der Waals surface area (Å²) in [5.74, 6) is 0. The second-order valence-corrected chi connectivity index (χ2v) is 1.39. The van der Waals surface area contributed by atoms with E-state index in [0.29, 0.717) is 0 Å². The Morgan fingerprint density at radius 1 is 1.11 bits per heavy atom. The molecule has 0 amide bonds. The zero-order valence-electron chi connectivity index (χ0n) is 4.27. The zero-order chi connectivity index (χ0) is 8.08. The van der Waals surface area contributed by atoms with Crippen LogP contribution in [0, 0.1) is 0 Å². The number of hydrogen-bond donors (Lipinski definition) is 0. The minimum atomic E-state index is -4.00. The monoisotopic (exact) mass is 156 g/mol. The molecule has 0 aromatic rings. The molecule has 0 aliphatic carbocycles. The van der Waals surface area contributed by atoms with Crippen molar-refractivity contribution in [2.75, 3.05) is 0 Å².